The molecule has 1 saturated carbocycles. The third-order valence-electron chi connectivity index (χ3n) is 4.87. The summed E-state index contributed by atoms with van der Waals surface area (Å²) in [5.74, 6) is 0.922. The maximum atomic E-state index is 5.27. The first kappa shape index (κ1) is 19.2. The third kappa shape index (κ3) is 5.45. The molecule has 0 saturated heterocycles. The van der Waals surface area contributed by atoms with E-state index >= 15 is 0 Å². The lowest BCUT2D eigenvalue weighted by Gasteiger charge is -2.40. The Morgan fingerprint density at radius 2 is 2.12 bits per heavy atom. The molecule has 1 aromatic rings. The average molecular weight is 353 g/mol. The number of aromatic nitrogens is 1. The van der Waals surface area contributed by atoms with Gasteiger partial charge in [0.15, 0.2) is 5.96 Å². The Morgan fingerprint density at radius 3 is 2.67 bits per heavy atom. The van der Waals surface area contributed by atoms with Crippen molar-refractivity contribution in [1.29, 1.82) is 0 Å². The molecule has 0 amide bonds. The molecular formula is C18H32N4OS. The highest BCUT2D eigenvalue weighted by Crippen LogP contribution is 2.44. The number of nitrogens with one attached hydrogen (secondary N) is 2. The molecule has 1 aliphatic carbocycles. The predicted molar refractivity (Wildman–Crippen MR) is 102 cm³/mol. The second kappa shape index (κ2) is 9.37. The average Bonchev–Trinajstić information content (AvgIpc) is 2.84. The molecule has 0 unspecified atom stereocenters. The molecule has 1 aromatic heterocycles. The summed E-state index contributed by atoms with van der Waals surface area (Å²) in [6, 6.07) is 0. The number of hydrogen-bond acceptors (Lipinski definition) is 4. The number of hydrogen-bond donors (Lipinski definition) is 2. The summed E-state index contributed by atoms with van der Waals surface area (Å²) in [4.78, 5) is 10.8. The first-order valence-corrected chi connectivity index (χ1v) is 9.84. The van der Waals surface area contributed by atoms with Crippen LogP contribution in [0.3, 0.4) is 0 Å². The molecule has 0 bridgehead atoms. The van der Waals surface area contributed by atoms with E-state index in [-0.39, 0.29) is 0 Å². The van der Waals surface area contributed by atoms with E-state index in [2.05, 4.69) is 36.4 Å². The lowest BCUT2D eigenvalue weighted by atomic mass is 9.67. The molecule has 2 N–H and O–H groups in total. The van der Waals surface area contributed by atoms with Crippen molar-refractivity contribution in [2.75, 3.05) is 33.4 Å². The Morgan fingerprint density at radius 1 is 1.33 bits per heavy atom. The molecule has 136 valence electrons. The first-order valence-electron chi connectivity index (χ1n) is 9.02. The number of nitrogens with zero attached hydrogens (tertiary/aromatic N) is 2. The maximum Gasteiger partial charge on any atom is 0.191 e. The molecule has 0 spiro atoms. The zero-order valence-electron chi connectivity index (χ0n) is 15.6. The Bertz CT molecular complexity index is 518. The SMILES string of the molecule is CCNC(=NCC1(CCOC)CCC1)NCCc1nc(C)c(C)s1. The van der Waals surface area contributed by atoms with Crippen molar-refractivity contribution in [2.45, 2.75) is 52.9 Å². The number of aryl methyl sites for hydroxylation is 2. The highest BCUT2D eigenvalue weighted by Gasteiger charge is 2.36. The highest BCUT2D eigenvalue weighted by atomic mass is 32.1. The van der Waals surface area contributed by atoms with Gasteiger partial charge in [-0.3, -0.25) is 4.99 Å². The fraction of sp³-hybridized carbons (Fsp3) is 0.778. The number of guanidine groups is 1. The summed E-state index contributed by atoms with van der Waals surface area (Å²) in [6.07, 6.45) is 5.93. The summed E-state index contributed by atoms with van der Waals surface area (Å²) >= 11 is 1.79. The summed E-state index contributed by atoms with van der Waals surface area (Å²) in [5, 5.41) is 8.00. The smallest absolute Gasteiger partial charge is 0.191 e. The van der Waals surface area contributed by atoms with Crippen LogP contribution in [0.4, 0.5) is 0 Å². The van der Waals surface area contributed by atoms with E-state index in [4.69, 9.17) is 9.73 Å². The number of rotatable bonds is 9. The van der Waals surface area contributed by atoms with E-state index in [0.717, 1.165) is 50.7 Å². The minimum Gasteiger partial charge on any atom is -0.385 e. The Hall–Kier alpha value is -1.14. The van der Waals surface area contributed by atoms with Gasteiger partial charge in [-0.15, -0.1) is 11.3 Å². The normalized spacial score (nSPS) is 16.8. The lowest BCUT2D eigenvalue weighted by Crippen LogP contribution is -2.41. The van der Waals surface area contributed by atoms with Crippen LogP contribution in [0.15, 0.2) is 4.99 Å². The van der Waals surface area contributed by atoms with Crippen molar-refractivity contribution in [3.63, 3.8) is 0 Å². The van der Waals surface area contributed by atoms with Crippen LogP contribution in [-0.2, 0) is 11.2 Å². The third-order valence-corrected chi connectivity index (χ3v) is 6.00. The highest BCUT2D eigenvalue weighted by molar-refractivity contribution is 7.11. The van der Waals surface area contributed by atoms with Gasteiger partial charge < -0.3 is 15.4 Å². The molecule has 1 aliphatic rings. The molecule has 0 aromatic carbocycles. The first-order chi connectivity index (χ1) is 11.6. The number of thiazole rings is 1. The van der Waals surface area contributed by atoms with Crippen LogP contribution in [0, 0.1) is 19.3 Å². The topological polar surface area (TPSA) is 58.5 Å². The Kier molecular flexibility index (Phi) is 7.49. The lowest BCUT2D eigenvalue weighted by molar-refractivity contribution is 0.0778. The largest absolute Gasteiger partial charge is 0.385 e. The molecule has 1 heterocycles. The van der Waals surface area contributed by atoms with Crippen molar-refractivity contribution in [3.05, 3.63) is 15.6 Å². The van der Waals surface area contributed by atoms with E-state index in [0.29, 0.717) is 5.41 Å². The number of aliphatic imine (C=N–C) groups is 1. The van der Waals surface area contributed by atoms with Crippen LogP contribution in [0.5, 0.6) is 0 Å². The summed E-state index contributed by atoms with van der Waals surface area (Å²) in [6.45, 7) is 9.79. The Labute approximate surface area is 150 Å². The van der Waals surface area contributed by atoms with E-state index in [1.807, 2.05) is 0 Å². The van der Waals surface area contributed by atoms with Crippen molar-refractivity contribution in [2.24, 2.45) is 10.4 Å². The maximum absolute atomic E-state index is 5.27. The Balaban J connectivity index is 1.83. The van der Waals surface area contributed by atoms with E-state index in [9.17, 15) is 0 Å². The van der Waals surface area contributed by atoms with Gasteiger partial charge in [0.05, 0.1) is 10.7 Å². The van der Waals surface area contributed by atoms with Crippen LogP contribution >= 0.6 is 11.3 Å². The van der Waals surface area contributed by atoms with Gasteiger partial charge in [-0.2, -0.15) is 0 Å². The quantitative estimate of drug-likeness (QED) is 0.530. The van der Waals surface area contributed by atoms with Gasteiger partial charge in [-0.25, -0.2) is 4.98 Å². The van der Waals surface area contributed by atoms with E-state index in [1.54, 1.807) is 18.4 Å². The van der Waals surface area contributed by atoms with Gasteiger partial charge in [0.2, 0.25) is 0 Å². The van der Waals surface area contributed by atoms with Crippen LogP contribution < -0.4 is 10.6 Å². The van der Waals surface area contributed by atoms with Crippen LogP contribution in [0.2, 0.25) is 0 Å². The second-order valence-corrected chi connectivity index (χ2v) is 8.01. The standard InChI is InChI=1S/C18H32N4OS/c1-5-19-17(20-11-7-16-22-14(2)15(3)24-16)21-13-18(8-6-9-18)10-12-23-4/h5-13H2,1-4H3,(H2,19,20,21). The number of methoxy groups -OCH3 is 1. The zero-order valence-corrected chi connectivity index (χ0v) is 16.4. The van der Waals surface area contributed by atoms with Crippen LogP contribution in [0.1, 0.15) is 48.2 Å². The molecular weight excluding hydrogens is 320 g/mol. The van der Waals surface area contributed by atoms with Crippen molar-refractivity contribution in [1.82, 2.24) is 15.6 Å². The molecule has 2 rings (SSSR count). The van der Waals surface area contributed by atoms with Crippen molar-refractivity contribution < 1.29 is 4.74 Å². The van der Waals surface area contributed by atoms with Gasteiger partial charge in [0.25, 0.3) is 0 Å². The minimum atomic E-state index is 0.363. The second-order valence-electron chi connectivity index (χ2n) is 6.72. The summed E-state index contributed by atoms with van der Waals surface area (Å²) < 4.78 is 5.27. The zero-order chi connectivity index (χ0) is 17.4. The number of ether oxygens (including phenoxy) is 1. The fourth-order valence-electron chi connectivity index (χ4n) is 3.00. The predicted octanol–water partition coefficient (Wildman–Crippen LogP) is 3.06. The van der Waals surface area contributed by atoms with Gasteiger partial charge >= 0.3 is 0 Å². The van der Waals surface area contributed by atoms with Crippen LogP contribution in [0.25, 0.3) is 0 Å². The molecule has 5 nitrogen and oxygen atoms in total. The van der Waals surface area contributed by atoms with E-state index < -0.39 is 0 Å². The van der Waals surface area contributed by atoms with Crippen molar-refractivity contribution >= 4 is 17.3 Å². The minimum absolute atomic E-state index is 0.363. The molecule has 0 radical (unpaired) electrons. The van der Waals surface area contributed by atoms with Gasteiger partial charge in [-0.1, -0.05) is 6.42 Å². The van der Waals surface area contributed by atoms with Gasteiger partial charge in [0.1, 0.15) is 0 Å². The summed E-state index contributed by atoms with van der Waals surface area (Å²) in [7, 11) is 1.78. The molecule has 6 heteroatoms. The van der Waals surface area contributed by atoms with Gasteiger partial charge in [-0.05, 0) is 45.4 Å². The molecule has 0 aliphatic heterocycles. The summed E-state index contributed by atoms with van der Waals surface area (Å²) in [5.41, 5.74) is 1.52. The monoisotopic (exact) mass is 352 g/mol. The van der Waals surface area contributed by atoms with Crippen LogP contribution in [-0.4, -0.2) is 44.3 Å². The molecule has 0 atom stereocenters. The van der Waals surface area contributed by atoms with Crippen molar-refractivity contribution in [3.8, 4) is 0 Å². The van der Waals surface area contributed by atoms with E-state index in [1.165, 1.54) is 29.1 Å². The molecule has 24 heavy (non-hydrogen) atoms. The van der Waals surface area contributed by atoms with Gasteiger partial charge in [0, 0.05) is 44.6 Å². The fourth-order valence-corrected chi connectivity index (χ4v) is 3.94. The molecule has 1 fully saturated rings.